The van der Waals surface area contributed by atoms with E-state index < -0.39 is 0 Å². The second-order valence-corrected chi connectivity index (χ2v) is 15.2. The molecule has 0 saturated carbocycles. The molecular weight excluding hydrogens is 675 g/mol. The first kappa shape index (κ1) is 29.7. The SMILES string of the molecule is c1ccc(-n2c3ccccc3c3c4ccc(-c5ccc(-n6c7ccccc7c7cc(-n8c9ccccc9c9ccccc98)ccc76)cc5)cc4sc32)cc1. The Labute approximate surface area is 314 Å². The van der Waals surface area contributed by atoms with Crippen molar-refractivity contribution in [1.29, 1.82) is 0 Å². The first-order valence-electron chi connectivity index (χ1n) is 18.4. The van der Waals surface area contributed by atoms with Crippen molar-refractivity contribution in [3.8, 4) is 28.2 Å². The molecule has 252 valence electrons. The third kappa shape index (κ3) is 4.17. The van der Waals surface area contributed by atoms with Crippen LogP contribution in [0.25, 0.3) is 103 Å². The van der Waals surface area contributed by atoms with Crippen molar-refractivity contribution in [2.75, 3.05) is 0 Å². The summed E-state index contributed by atoms with van der Waals surface area (Å²) in [6.45, 7) is 0. The topological polar surface area (TPSA) is 14.8 Å². The van der Waals surface area contributed by atoms with Gasteiger partial charge in [-0.2, -0.15) is 0 Å². The molecule has 12 aromatic rings. The van der Waals surface area contributed by atoms with Crippen LogP contribution in [0.4, 0.5) is 0 Å². The lowest BCUT2D eigenvalue weighted by atomic mass is 10.0. The maximum absolute atomic E-state index is 2.42. The van der Waals surface area contributed by atoms with Crippen LogP contribution in [0.3, 0.4) is 0 Å². The number of benzene rings is 8. The van der Waals surface area contributed by atoms with E-state index in [1.54, 1.807) is 0 Å². The zero-order valence-electron chi connectivity index (χ0n) is 29.1. The Morgan fingerprint density at radius 1 is 0.296 bits per heavy atom. The van der Waals surface area contributed by atoms with Gasteiger partial charge in [0.05, 0.1) is 27.6 Å². The summed E-state index contributed by atoms with van der Waals surface area (Å²) in [6.07, 6.45) is 0. The molecule has 0 fully saturated rings. The summed E-state index contributed by atoms with van der Waals surface area (Å²) in [5.41, 5.74) is 12.1. The number of thiophene rings is 1. The van der Waals surface area contributed by atoms with Crippen molar-refractivity contribution in [2.24, 2.45) is 0 Å². The zero-order valence-corrected chi connectivity index (χ0v) is 30.0. The first-order chi connectivity index (χ1) is 26.8. The molecule has 8 aromatic carbocycles. The highest BCUT2D eigenvalue weighted by Gasteiger charge is 2.19. The smallest absolute Gasteiger partial charge is 0.109 e. The maximum atomic E-state index is 2.42. The molecule has 0 aliphatic heterocycles. The lowest BCUT2D eigenvalue weighted by Crippen LogP contribution is -1.95. The molecule has 0 spiro atoms. The van der Waals surface area contributed by atoms with Gasteiger partial charge in [-0.1, -0.05) is 115 Å². The molecular formula is C50H31N3S. The summed E-state index contributed by atoms with van der Waals surface area (Å²) in [5.74, 6) is 0. The molecule has 4 heteroatoms. The molecule has 0 amide bonds. The van der Waals surface area contributed by atoms with Crippen molar-refractivity contribution in [2.45, 2.75) is 0 Å². The van der Waals surface area contributed by atoms with E-state index in [9.17, 15) is 0 Å². The van der Waals surface area contributed by atoms with Gasteiger partial charge in [0, 0.05) is 59.5 Å². The van der Waals surface area contributed by atoms with E-state index in [-0.39, 0.29) is 0 Å². The molecule has 0 radical (unpaired) electrons. The van der Waals surface area contributed by atoms with Gasteiger partial charge >= 0.3 is 0 Å². The summed E-state index contributed by atoms with van der Waals surface area (Å²) in [7, 11) is 0. The average molecular weight is 706 g/mol. The number of nitrogens with zero attached hydrogens (tertiary/aromatic N) is 3. The van der Waals surface area contributed by atoms with E-state index in [0.29, 0.717) is 0 Å². The van der Waals surface area contributed by atoms with Crippen molar-refractivity contribution in [3.63, 3.8) is 0 Å². The second-order valence-electron chi connectivity index (χ2n) is 14.2. The Balaban J connectivity index is 0.973. The van der Waals surface area contributed by atoms with Gasteiger partial charge in [-0.05, 0) is 83.9 Å². The molecule has 0 aliphatic carbocycles. The van der Waals surface area contributed by atoms with E-state index in [1.807, 2.05) is 11.3 Å². The summed E-state index contributed by atoms with van der Waals surface area (Å²) >= 11 is 1.88. The van der Waals surface area contributed by atoms with Crippen LogP contribution in [0.15, 0.2) is 188 Å². The summed E-state index contributed by atoms with van der Waals surface area (Å²) in [6, 6.07) is 68.7. The van der Waals surface area contributed by atoms with E-state index in [1.165, 1.54) is 97.3 Å². The van der Waals surface area contributed by atoms with E-state index >= 15 is 0 Å². The van der Waals surface area contributed by atoms with Gasteiger partial charge < -0.3 is 13.7 Å². The molecule has 0 saturated heterocycles. The maximum Gasteiger partial charge on any atom is 0.109 e. The normalized spacial score (nSPS) is 12.1. The predicted octanol–water partition coefficient (Wildman–Crippen LogP) is 13.9. The van der Waals surface area contributed by atoms with Gasteiger partial charge in [0.25, 0.3) is 0 Å². The average Bonchev–Trinajstić information content (AvgIpc) is 3.96. The van der Waals surface area contributed by atoms with Crippen LogP contribution in [0.2, 0.25) is 0 Å². The molecule has 12 rings (SSSR count). The van der Waals surface area contributed by atoms with Crippen LogP contribution >= 0.6 is 11.3 Å². The van der Waals surface area contributed by atoms with Crippen molar-refractivity contribution in [1.82, 2.24) is 13.7 Å². The van der Waals surface area contributed by atoms with E-state index in [2.05, 4.69) is 202 Å². The summed E-state index contributed by atoms with van der Waals surface area (Å²) < 4.78 is 8.54. The van der Waals surface area contributed by atoms with E-state index in [0.717, 1.165) is 5.69 Å². The minimum Gasteiger partial charge on any atom is -0.309 e. The fraction of sp³-hybridized carbons (Fsp3) is 0. The molecule has 4 heterocycles. The Kier molecular flexibility index (Phi) is 6.21. The van der Waals surface area contributed by atoms with Crippen LogP contribution in [-0.4, -0.2) is 13.7 Å². The Hall–Kier alpha value is -6.88. The third-order valence-corrected chi connectivity index (χ3v) is 12.4. The summed E-state index contributed by atoms with van der Waals surface area (Å²) in [5, 5.41) is 9.00. The van der Waals surface area contributed by atoms with Crippen LogP contribution in [0, 0.1) is 0 Å². The number of aromatic nitrogens is 3. The fourth-order valence-corrected chi connectivity index (χ4v) is 10.2. The van der Waals surface area contributed by atoms with Crippen LogP contribution < -0.4 is 0 Å². The highest BCUT2D eigenvalue weighted by molar-refractivity contribution is 7.25. The number of hydrogen-bond acceptors (Lipinski definition) is 1. The molecule has 0 atom stereocenters. The third-order valence-electron chi connectivity index (χ3n) is 11.3. The highest BCUT2D eigenvalue weighted by Crippen LogP contribution is 2.44. The van der Waals surface area contributed by atoms with Crippen LogP contribution in [0.5, 0.6) is 0 Å². The highest BCUT2D eigenvalue weighted by atomic mass is 32.1. The predicted molar refractivity (Wildman–Crippen MR) is 230 cm³/mol. The monoisotopic (exact) mass is 705 g/mol. The van der Waals surface area contributed by atoms with Gasteiger partial charge in [-0.25, -0.2) is 0 Å². The first-order valence-corrected chi connectivity index (χ1v) is 19.3. The number of hydrogen-bond donors (Lipinski definition) is 0. The molecule has 0 N–H and O–H groups in total. The Bertz CT molecular complexity index is 3380. The van der Waals surface area contributed by atoms with Crippen molar-refractivity contribution < 1.29 is 0 Å². The molecule has 0 unspecified atom stereocenters. The van der Waals surface area contributed by atoms with E-state index in [4.69, 9.17) is 0 Å². The Morgan fingerprint density at radius 3 is 1.44 bits per heavy atom. The quantitative estimate of drug-likeness (QED) is 0.173. The standard InChI is InChI=1S/C50H31N3S/c1-2-12-34(13-3-1)53-46-21-11-7-17-40(46)49-41-28-24-33(30-48(41)54-50(49)53)32-22-25-35(26-23-32)51-45-20-10-6-16-39(45)42-31-36(27-29-47(42)51)52-43-18-8-4-14-37(43)38-15-5-9-19-44(38)52/h1-31H. The van der Waals surface area contributed by atoms with Crippen molar-refractivity contribution in [3.05, 3.63) is 188 Å². The molecule has 0 aliphatic rings. The molecule has 54 heavy (non-hydrogen) atoms. The number of fused-ring (bicyclic) bond motifs is 11. The van der Waals surface area contributed by atoms with Crippen molar-refractivity contribution >= 4 is 86.2 Å². The van der Waals surface area contributed by atoms with Gasteiger partial charge in [0.15, 0.2) is 0 Å². The van der Waals surface area contributed by atoms with Gasteiger partial charge in [0.1, 0.15) is 4.83 Å². The lowest BCUT2D eigenvalue weighted by Gasteiger charge is -2.11. The van der Waals surface area contributed by atoms with Gasteiger partial charge in [-0.15, -0.1) is 11.3 Å². The second kappa shape index (κ2) is 11.3. The van der Waals surface area contributed by atoms with Gasteiger partial charge in [-0.3, -0.25) is 0 Å². The largest absolute Gasteiger partial charge is 0.309 e. The fourth-order valence-electron chi connectivity index (χ4n) is 8.89. The van der Waals surface area contributed by atoms with Crippen LogP contribution in [-0.2, 0) is 0 Å². The van der Waals surface area contributed by atoms with Crippen LogP contribution in [0.1, 0.15) is 0 Å². The van der Waals surface area contributed by atoms with Gasteiger partial charge in [0.2, 0.25) is 0 Å². The molecule has 4 aromatic heterocycles. The molecule has 0 bridgehead atoms. The number of para-hydroxylation sites is 5. The number of rotatable bonds is 4. The Morgan fingerprint density at radius 2 is 0.778 bits per heavy atom. The zero-order chi connectivity index (χ0) is 35.3. The molecule has 3 nitrogen and oxygen atoms in total. The lowest BCUT2D eigenvalue weighted by molar-refractivity contribution is 1.17. The minimum atomic E-state index is 1.15. The summed E-state index contributed by atoms with van der Waals surface area (Å²) in [4.78, 5) is 1.29. The minimum absolute atomic E-state index is 1.15.